The molecule has 1 aliphatic heterocycles. The van der Waals surface area contributed by atoms with Gasteiger partial charge in [-0.05, 0) is 36.9 Å². The van der Waals surface area contributed by atoms with E-state index in [4.69, 9.17) is 0 Å². The van der Waals surface area contributed by atoms with Crippen LogP contribution in [0.4, 0.5) is 0 Å². The molecule has 0 amide bonds. The number of rotatable bonds is 2. The van der Waals surface area contributed by atoms with Crippen LogP contribution in [0.5, 0.6) is 0 Å². The molecule has 0 aromatic heterocycles. The van der Waals surface area contributed by atoms with E-state index in [1.807, 2.05) is 0 Å². The first kappa shape index (κ1) is 13.8. The molecular formula is C15H23NOS. The molecular weight excluding hydrogens is 242 g/mol. The van der Waals surface area contributed by atoms with Gasteiger partial charge in [-0.3, -0.25) is 4.21 Å². The summed E-state index contributed by atoms with van der Waals surface area (Å²) in [5, 5.41) is 3.76. The van der Waals surface area contributed by atoms with Crippen LogP contribution in [0.3, 0.4) is 0 Å². The smallest absolute Gasteiger partial charge is 0.0514 e. The molecule has 1 N–H and O–H groups in total. The average molecular weight is 265 g/mol. The van der Waals surface area contributed by atoms with Crippen molar-refractivity contribution in [3.8, 4) is 0 Å². The first-order valence-electron chi connectivity index (χ1n) is 6.81. The van der Waals surface area contributed by atoms with Gasteiger partial charge in [-0.2, -0.15) is 0 Å². The van der Waals surface area contributed by atoms with E-state index in [0.29, 0.717) is 5.92 Å². The van der Waals surface area contributed by atoms with Crippen molar-refractivity contribution >= 4 is 10.8 Å². The molecule has 0 bridgehead atoms. The van der Waals surface area contributed by atoms with Crippen molar-refractivity contribution in [1.29, 1.82) is 0 Å². The minimum absolute atomic E-state index is 0.183. The van der Waals surface area contributed by atoms with E-state index in [9.17, 15) is 4.21 Å². The fourth-order valence-corrected chi connectivity index (χ4v) is 4.03. The Bertz CT molecular complexity index is 415. The first-order valence-corrected chi connectivity index (χ1v) is 8.19. The summed E-state index contributed by atoms with van der Waals surface area (Å²) in [6, 6.07) is 8.95. The topological polar surface area (TPSA) is 29.1 Å². The van der Waals surface area contributed by atoms with Gasteiger partial charge in [-0.25, -0.2) is 0 Å². The van der Waals surface area contributed by atoms with Crippen LogP contribution in [0.1, 0.15) is 37.9 Å². The Hall–Kier alpha value is -0.670. The SMILES string of the molecule is CCc1ccc(C2NCC(C)CS(=O)C2C)cc1. The third-order valence-electron chi connectivity index (χ3n) is 3.77. The zero-order valence-electron chi connectivity index (χ0n) is 11.5. The van der Waals surface area contributed by atoms with Gasteiger partial charge in [0.15, 0.2) is 0 Å². The normalized spacial score (nSPS) is 33.1. The Labute approximate surface area is 113 Å². The molecule has 1 fully saturated rings. The highest BCUT2D eigenvalue weighted by Gasteiger charge is 2.28. The lowest BCUT2D eigenvalue weighted by Gasteiger charge is -2.22. The Morgan fingerprint density at radius 2 is 1.94 bits per heavy atom. The minimum Gasteiger partial charge on any atom is -0.309 e. The van der Waals surface area contributed by atoms with E-state index in [1.54, 1.807) is 0 Å². The highest BCUT2D eigenvalue weighted by Crippen LogP contribution is 2.25. The third kappa shape index (κ3) is 3.01. The molecule has 1 aromatic rings. The predicted molar refractivity (Wildman–Crippen MR) is 78.2 cm³/mol. The molecule has 0 radical (unpaired) electrons. The monoisotopic (exact) mass is 265 g/mol. The lowest BCUT2D eigenvalue weighted by molar-refractivity contribution is 0.489. The van der Waals surface area contributed by atoms with Crippen molar-refractivity contribution in [1.82, 2.24) is 5.32 Å². The molecule has 3 heteroatoms. The summed E-state index contributed by atoms with van der Waals surface area (Å²) >= 11 is 0. The van der Waals surface area contributed by atoms with Crippen LogP contribution in [0.2, 0.25) is 0 Å². The van der Waals surface area contributed by atoms with Crippen LogP contribution >= 0.6 is 0 Å². The van der Waals surface area contributed by atoms with Crippen molar-refractivity contribution in [3.63, 3.8) is 0 Å². The fraction of sp³-hybridized carbons (Fsp3) is 0.600. The third-order valence-corrected chi connectivity index (χ3v) is 5.77. The molecule has 18 heavy (non-hydrogen) atoms. The molecule has 2 rings (SSSR count). The van der Waals surface area contributed by atoms with Crippen LogP contribution in [0.15, 0.2) is 24.3 Å². The molecule has 1 heterocycles. The van der Waals surface area contributed by atoms with E-state index in [-0.39, 0.29) is 11.3 Å². The van der Waals surface area contributed by atoms with Crippen LogP contribution in [-0.4, -0.2) is 21.8 Å². The highest BCUT2D eigenvalue weighted by molar-refractivity contribution is 7.85. The van der Waals surface area contributed by atoms with Crippen LogP contribution < -0.4 is 5.32 Å². The second-order valence-electron chi connectivity index (χ2n) is 5.34. The van der Waals surface area contributed by atoms with Crippen molar-refractivity contribution in [2.24, 2.45) is 5.92 Å². The summed E-state index contributed by atoms with van der Waals surface area (Å²) in [5.41, 5.74) is 2.62. The van der Waals surface area contributed by atoms with Crippen molar-refractivity contribution in [2.45, 2.75) is 38.5 Å². The van der Waals surface area contributed by atoms with Gasteiger partial charge >= 0.3 is 0 Å². The van der Waals surface area contributed by atoms with Gasteiger partial charge in [0.1, 0.15) is 0 Å². The average Bonchev–Trinajstić information content (AvgIpc) is 2.50. The molecule has 4 unspecified atom stereocenters. The Balaban J connectivity index is 2.21. The zero-order valence-corrected chi connectivity index (χ0v) is 12.3. The van der Waals surface area contributed by atoms with Gasteiger partial charge in [-0.15, -0.1) is 0 Å². The van der Waals surface area contributed by atoms with Gasteiger partial charge < -0.3 is 5.32 Å². The van der Waals surface area contributed by atoms with Crippen molar-refractivity contribution in [3.05, 3.63) is 35.4 Å². The quantitative estimate of drug-likeness (QED) is 0.891. The summed E-state index contributed by atoms with van der Waals surface area (Å²) in [6.07, 6.45) is 1.07. The second-order valence-corrected chi connectivity index (χ2v) is 7.18. The van der Waals surface area contributed by atoms with Gasteiger partial charge in [0.05, 0.1) is 5.25 Å². The van der Waals surface area contributed by atoms with Gasteiger partial charge in [0.2, 0.25) is 0 Å². The minimum atomic E-state index is -0.733. The molecule has 1 aliphatic rings. The summed E-state index contributed by atoms with van der Waals surface area (Å²) in [5.74, 6) is 1.31. The maximum absolute atomic E-state index is 12.2. The second kappa shape index (κ2) is 5.98. The lowest BCUT2D eigenvalue weighted by atomic mass is 10.0. The number of hydrogen-bond donors (Lipinski definition) is 1. The molecule has 0 aliphatic carbocycles. The van der Waals surface area contributed by atoms with Gasteiger partial charge in [0.25, 0.3) is 0 Å². The van der Waals surface area contributed by atoms with Crippen molar-refractivity contribution < 1.29 is 4.21 Å². The Kier molecular flexibility index (Phi) is 4.57. The molecule has 4 atom stereocenters. The summed E-state index contributed by atoms with van der Waals surface area (Å²) in [7, 11) is -0.733. The standard InChI is InChI=1S/C15H23NOS/c1-4-13-5-7-14(8-6-13)15-12(3)18(17)10-11(2)9-16-15/h5-8,11-12,15-16H,4,9-10H2,1-3H3. The molecule has 1 saturated heterocycles. The van der Waals surface area contributed by atoms with Crippen LogP contribution in [0.25, 0.3) is 0 Å². The molecule has 0 spiro atoms. The zero-order chi connectivity index (χ0) is 13.1. The predicted octanol–water partition coefficient (Wildman–Crippen LogP) is 2.67. The van der Waals surface area contributed by atoms with E-state index in [0.717, 1.165) is 18.7 Å². The molecule has 100 valence electrons. The first-order chi connectivity index (χ1) is 8.61. The highest BCUT2D eigenvalue weighted by atomic mass is 32.2. The van der Waals surface area contributed by atoms with Gasteiger partial charge in [0, 0.05) is 22.6 Å². The summed E-state index contributed by atoms with van der Waals surface area (Å²) in [4.78, 5) is 0. The number of nitrogens with one attached hydrogen (secondary N) is 1. The van der Waals surface area contributed by atoms with Crippen LogP contribution in [-0.2, 0) is 17.2 Å². The largest absolute Gasteiger partial charge is 0.309 e. The number of aryl methyl sites for hydroxylation is 1. The molecule has 1 aromatic carbocycles. The molecule has 0 saturated carbocycles. The van der Waals surface area contributed by atoms with Gasteiger partial charge in [-0.1, -0.05) is 38.1 Å². The van der Waals surface area contributed by atoms with E-state index < -0.39 is 10.8 Å². The molecule has 2 nitrogen and oxygen atoms in total. The Morgan fingerprint density at radius 1 is 1.28 bits per heavy atom. The Morgan fingerprint density at radius 3 is 2.56 bits per heavy atom. The van der Waals surface area contributed by atoms with E-state index in [1.165, 1.54) is 11.1 Å². The van der Waals surface area contributed by atoms with E-state index >= 15 is 0 Å². The summed E-state index contributed by atoms with van der Waals surface area (Å²) < 4.78 is 12.2. The fourth-order valence-electron chi connectivity index (χ4n) is 2.49. The van der Waals surface area contributed by atoms with Crippen molar-refractivity contribution in [2.75, 3.05) is 12.3 Å². The summed E-state index contributed by atoms with van der Waals surface area (Å²) in [6.45, 7) is 7.38. The van der Waals surface area contributed by atoms with E-state index in [2.05, 4.69) is 50.4 Å². The lowest BCUT2D eigenvalue weighted by Crippen LogP contribution is -2.31. The number of hydrogen-bond acceptors (Lipinski definition) is 2. The maximum atomic E-state index is 12.2. The maximum Gasteiger partial charge on any atom is 0.0514 e. The van der Waals surface area contributed by atoms with Crippen LogP contribution in [0, 0.1) is 5.92 Å². The number of benzene rings is 1.